The van der Waals surface area contributed by atoms with Gasteiger partial charge in [-0.3, -0.25) is 4.79 Å². The number of esters is 1. The van der Waals surface area contributed by atoms with E-state index in [0.717, 1.165) is 51.2 Å². The highest BCUT2D eigenvalue weighted by atomic mass is 16.7. The SMILES string of the molecule is O=C(OCC(=O)N1CCOCC1)c1c2c(nc3ccccc13)C(=Cc1ccc3c(c1)OCO3)CC2. The molecule has 178 valence electrons. The van der Waals surface area contributed by atoms with Crippen LogP contribution in [0.15, 0.2) is 42.5 Å². The summed E-state index contributed by atoms with van der Waals surface area (Å²) in [5.41, 5.74) is 4.90. The molecule has 0 atom stereocenters. The molecular weight excluding hydrogens is 448 g/mol. The number of rotatable bonds is 4. The molecule has 0 bridgehead atoms. The van der Waals surface area contributed by atoms with Gasteiger partial charge < -0.3 is 23.8 Å². The fourth-order valence-electron chi connectivity index (χ4n) is 4.82. The van der Waals surface area contributed by atoms with Gasteiger partial charge in [-0.15, -0.1) is 0 Å². The van der Waals surface area contributed by atoms with E-state index in [-0.39, 0.29) is 19.3 Å². The van der Waals surface area contributed by atoms with E-state index in [9.17, 15) is 9.59 Å². The molecule has 1 saturated heterocycles. The average Bonchev–Trinajstić information content (AvgIpc) is 3.53. The second kappa shape index (κ2) is 9.03. The zero-order valence-corrected chi connectivity index (χ0v) is 19.1. The quantitative estimate of drug-likeness (QED) is 0.538. The Labute approximate surface area is 202 Å². The van der Waals surface area contributed by atoms with Crippen molar-refractivity contribution in [2.24, 2.45) is 0 Å². The summed E-state index contributed by atoms with van der Waals surface area (Å²) in [5.74, 6) is 0.754. The number of para-hydroxylation sites is 1. The molecule has 2 aliphatic heterocycles. The second-order valence-corrected chi connectivity index (χ2v) is 8.68. The van der Waals surface area contributed by atoms with Crippen LogP contribution >= 0.6 is 0 Å². The minimum Gasteiger partial charge on any atom is -0.454 e. The Morgan fingerprint density at radius 3 is 2.74 bits per heavy atom. The van der Waals surface area contributed by atoms with Crippen LogP contribution in [-0.2, 0) is 20.7 Å². The maximum absolute atomic E-state index is 13.3. The van der Waals surface area contributed by atoms with E-state index >= 15 is 0 Å². The lowest BCUT2D eigenvalue weighted by Gasteiger charge is -2.26. The van der Waals surface area contributed by atoms with Crippen molar-refractivity contribution in [3.63, 3.8) is 0 Å². The highest BCUT2D eigenvalue weighted by Crippen LogP contribution is 2.39. The topological polar surface area (TPSA) is 87.2 Å². The maximum atomic E-state index is 13.3. The van der Waals surface area contributed by atoms with E-state index in [2.05, 4.69) is 6.08 Å². The molecule has 0 unspecified atom stereocenters. The van der Waals surface area contributed by atoms with Crippen LogP contribution in [0.25, 0.3) is 22.6 Å². The Hall–Kier alpha value is -3.91. The Morgan fingerprint density at radius 2 is 1.86 bits per heavy atom. The summed E-state index contributed by atoms with van der Waals surface area (Å²) in [4.78, 5) is 32.4. The van der Waals surface area contributed by atoms with Crippen molar-refractivity contribution < 1.29 is 28.5 Å². The monoisotopic (exact) mass is 472 g/mol. The van der Waals surface area contributed by atoms with E-state index < -0.39 is 5.97 Å². The lowest BCUT2D eigenvalue weighted by Crippen LogP contribution is -2.42. The lowest BCUT2D eigenvalue weighted by atomic mass is 10.0. The molecule has 0 saturated carbocycles. The Morgan fingerprint density at radius 1 is 1.03 bits per heavy atom. The predicted octanol–water partition coefficient (Wildman–Crippen LogP) is 3.47. The lowest BCUT2D eigenvalue weighted by molar-refractivity contribution is -0.138. The highest BCUT2D eigenvalue weighted by Gasteiger charge is 2.28. The number of amides is 1. The number of carbonyl (C=O) groups excluding carboxylic acids is 2. The molecule has 1 fully saturated rings. The summed E-state index contributed by atoms with van der Waals surface area (Å²) >= 11 is 0. The van der Waals surface area contributed by atoms with Gasteiger partial charge in [-0.25, -0.2) is 9.78 Å². The van der Waals surface area contributed by atoms with Crippen molar-refractivity contribution in [1.29, 1.82) is 0 Å². The van der Waals surface area contributed by atoms with Crippen LogP contribution in [0.3, 0.4) is 0 Å². The number of carbonyl (C=O) groups is 2. The van der Waals surface area contributed by atoms with Gasteiger partial charge in [-0.2, -0.15) is 0 Å². The Kier molecular flexibility index (Phi) is 5.58. The molecule has 8 heteroatoms. The van der Waals surface area contributed by atoms with Gasteiger partial charge in [-0.05, 0) is 53.8 Å². The molecule has 8 nitrogen and oxygen atoms in total. The summed E-state index contributed by atoms with van der Waals surface area (Å²) in [7, 11) is 0. The first-order valence-corrected chi connectivity index (χ1v) is 11.7. The normalized spacial score (nSPS) is 17.6. The van der Waals surface area contributed by atoms with Gasteiger partial charge in [0.15, 0.2) is 18.1 Å². The minimum atomic E-state index is -0.495. The Bertz CT molecular complexity index is 1360. The zero-order chi connectivity index (χ0) is 23.8. The molecule has 2 aromatic carbocycles. The number of fused-ring (bicyclic) bond motifs is 3. The van der Waals surface area contributed by atoms with E-state index in [4.69, 9.17) is 23.9 Å². The second-order valence-electron chi connectivity index (χ2n) is 8.68. The van der Waals surface area contributed by atoms with Crippen LogP contribution in [0.1, 0.15) is 33.6 Å². The average molecular weight is 472 g/mol. The van der Waals surface area contributed by atoms with Crippen molar-refractivity contribution in [3.8, 4) is 11.5 Å². The van der Waals surface area contributed by atoms with Crippen LogP contribution in [-0.4, -0.2) is 61.5 Å². The van der Waals surface area contributed by atoms with Gasteiger partial charge >= 0.3 is 5.97 Å². The van der Waals surface area contributed by atoms with E-state index in [1.54, 1.807) is 4.90 Å². The van der Waals surface area contributed by atoms with Crippen LogP contribution in [0.4, 0.5) is 0 Å². The third-order valence-electron chi connectivity index (χ3n) is 6.57. The third-order valence-corrected chi connectivity index (χ3v) is 6.57. The summed E-state index contributed by atoms with van der Waals surface area (Å²) in [6.07, 6.45) is 3.50. The number of pyridine rings is 1. The fraction of sp³-hybridized carbons (Fsp3) is 0.296. The number of aromatic nitrogens is 1. The largest absolute Gasteiger partial charge is 0.454 e. The molecule has 0 spiro atoms. The number of hydrogen-bond donors (Lipinski definition) is 0. The number of benzene rings is 2. The van der Waals surface area contributed by atoms with Crippen molar-refractivity contribution >= 4 is 34.4 Å². The van der Waals surface area contributed by atoms with E-state index in [0.29, 0.717) is 38.3 Å². The van der Waals surface area contributed by atoms with Crippen molar-refractivity contribution in [3.05, 3.63) is 64.8 Å². The molecule has 0 radical (unpaired) electrons. The molecular formula is C27H24N2O6. The third kappa shape index (κ3) is 4.10. The minimum absolute atomic E-state index is 0.208. The summed E-state index contributed by atoms with van der Waals surface area (Å²) in [6.45, 7) is 1.96. The van der Waals surface area contributed by atoms with Crippen molar-refractivity contribution in [2.45, 2.75) is 12.8 Å². The fourth-order valence-corrected chi connectivity index (χ4v) is 4.82. The number of morpholine rings is 1. The molecule has 1 amide bonds. The maximum Gasteiger partial charge on any atom is 0.339 e. The summed E-state index contributed by atoms with van der Waals surface area (Å²) in [6, 6.07) is 13.4. The molecule has 1 aromatic heterocycles. The first kappa shape index (κ1) is 21.6. The van der Waals surface area contributed by atoms with Gasteiger partial charge in [0.05, 0.1) is 30.0 Å². The smallest absolute Gasteiger partial charge is 0.339 e. The first-order valence-electron chi connectivity index (χ1n) is 11.7. The van der Waals surface area contributed by atoms with Gasteiger partial charge in [0, 0.05) is 18.5 Å². The van der Waals surface area contributed by atoms with Crippen molar-refractivity contribution in [2.75, 3.05) is 39.7 Å². The summed E-state index contributed by atoms with van der Waals surface area (Å²) in [5, 5.41) is 0.736. The van der Waals surface area contributed by atoms with Crippen LogP contribution in [0.2, 0.25) is 0 Å². The number of hydrogen-bond acceptors (Lipinski definition) is 7. The molecule has 6 rings (SSSR count). The molecule has 35 heavy (non-hydrogen) atoms. The molecule has 3 heterocycles. The van der Waals surface area contributed by atoms with Crippen LogP contribution in [0.5, 0.6) is 11.5 Å². The zero-order valence-electron chi connectivity index (χ0n) is 19.1. The van der Waals surface area contributed by atoms with E-state index in [1.807, 2.05) is 42.5 Å². The highest BCUT2D eigenvalue weighted by molar-refractivity contribution is 6.07. The Balaban J connectivity index is 1.32. The number of ether oxygens (including phenoxy) is 4. The molecule has 3 aliphatic rings. The van der Waals surface area contributed by atoms with Gasteiger partial charge in [0.1, 0.15) is 0 Å². The molecule has 0 N–H and O–H groups in total. The van der Waals surface area contributed by atoms with Crippen LogP contribution in [0, 0.1) is 0 Å². The van der Waals surface area contributed by atoms with Gasteiger partial charge in [0.25, 0.3) is 5.91 Å². The number of allylic oxidation sites excluding steroid dienone is 1. The predicted molar refractivity (Wildman–Crippen MR) is 128 cm³/mol. The van der Waals surface area contributed by atoms with Crippen LogP contribution < -0.4 is 9.47 Å². The summed E-state index contributed by atoms with van der Waals surface area (Å²) < 4.78 is 21.7. The number of nitrogens with zero attached hydrogens (tertiary/aromatic N) is 2. The van der Waals surface area contributed by atoms with Crippen molar-refractivity contribution in [1.82, 2.24) is 9.88 Å². The molecule has 1 aliphatic carbocycles. The van der Waals surface area contributed by atoms with E-state index in [1.165, 1.54) is 0 Å². The van der Waals surface area contributed by atoms with Gasteiger partial charge in [-0.1, -0.05) is 24.3 Å². The van der Waals surface area contributed by atoms with Gasteiger partial charge in [0.2, 0.25) is 6.79 Å². The standard InChI is InChI=1S/C27H24N2O6/c30-24(29-9-11-32-12-10-29)15-33-27(31)25-19-3-1-2-4-21(19)28-26-18(6-7-20(25)26)13-17-5-8-22-23(14-17)35-16-34-22/h1-5,8,13-14H,6-7,9-12,15-16H2. The molecule has 3 aromatic rings. The first-order chi connectivity index (χ1) is 17.2.